The minimum absolute atomic E-state index is 0.831. The van der Waals surface area contributed by atoms with E-state index in [1.807, 2.05) is 23.5 Å². The van der Waals surface area contributed by atoms with Crippen molar-refractivity contribution in [2.45, 2.75) is 0 Å². The van der Waals surface area contributed by atoms with Gasteiger partial charge in [0.1, 0.15) is 0 Å². The molecule has 6 heteroatoms. The van der Waals surface area contributed by atoms with E-state index in [2.05, 4.69) is 28.3 Å². The smallest absolute Gasteiger partial charge is 0.169 e. The molecule has 0 saturated carbocycles. The molecule has 2 nitrogen and oxygen atoms in total. The number of nitrogens with zero attached hydrogens (tertiary/aromatic N) is 2. The number of hydrogen-bond donors (Lipinski definition) is 0. The van der Waals surface area contributed by atoms with E-state index in [1.54, 1.807) is 23.5 Å². The van der Waals surface area contributed by atoms with E-state index < -0.39 is 0 Å². The molecule has 0 amide bonds. The molecule has 0 atom stereocenters. The van der Waals surface area contributed by atoms with E-state index in [4.69, 9.17) is 11.6 Å². The van der Waals surface area contributed by atoms with Gasteiger partial charge in [-0.3, -0.25) is 4.99 Å². The fourth-order valence-corrected chi connectivity index (χ4v) is 5.94. The SMILES string of the molecule is CSC1=C(c2cc3c(Cl)cccc3s2)N2CCN=C2S1. The van der Waals surface area contributed by atoms with Crippen molar-refractivity contribution in [1.29, 1.82) is 0 Å². The van der Waals surface area contributed by atoms with Gasteiger partial charge in [-0.15, -0.1) is 23.1 Å². The molecule has 0 unspecified atom stereocenters. The Morgan fingerprint density at radius 3 is 3.10 bits per heavy atom. The van der Waals surface area contributed by atoms with Crippen molar-refractivity contribution < 1.29 is 0 Å². The Bertz CT molecular complexity index is 763. The lowest BCUT2D eigenvalue weighted by Gasteiger charge is -2.15. The minimum Gasteiger partial charge on any atom is -0.316 e. The third-order valence-corrected chi connectivity index (χ3v) is 7.04. The van der Waals surface area contributed by atoms with Crippen LogP contribution in [0.2, 0.25) is 5.02 Å². The molecule has 102 valence electrons. The van der Waals surface area contributed by atoms with Crippen LogP contribution < -0.4 is 0 Å². The predicted octanol–water partition coefficient (Wildman–Crippen LogP) is 4.96. The number of halogens is 1. The number of aliphatic imine (C=N–C) groups is 1. The van der Waals surface area contributed by atoms with E-state index in [0.717, 1.165) is 28.7 Å². The van der Waals surface area contributed by atoms with Crippen LogP contribution in [0, 0.1) is 0 Å². The third kappa shape index (κ3) is 1.91. The summed E-state index contributed by atoms with van der Waals surface area (Å²) in [5, 5.41) is 3.13. The maximum absolute atomic E-state index is 6.30. The molecule has 0 saturated heterocycles. The molecule has 0 radical (unpaired) electrons. The third-order valence-electron chi connectivity index (χ3n) is 3.38. The number of rotatable bonds is 2. The standard InChI is InChI=1S/C14H11ClN2S3/c1-18-13-12(17-6-5-16-14(17)20-13)11-7-8-9(15)3-2-4-10(8)19-11/h2-4,7H,5-6H2,1H3. The van der Waals surface area contributed by atoms with Crippen LogP contribution in [-0.2, 0) is 0 Å². The van der Waals surface area contributed by atoms with Gasteiger partial charge in [-0.05, 0) is 36.2 Å². The first-order valence-corrected chi connectivity index (χ1v) is 9.48. The van der Waals surface area contributed by atoms with E-state index in [-0.39, 0.29) is 0 Å². The molecule has 0 bridgehead atoms. The molecule has 2 aliphatic rings. The largest absolute Gasteiger partial charge is 0.316 e. The molecule has 0 N–H and O–H groups in total. The topological polar surface area (TPSA) is 15.6 Å². The number of thiophene rings is 1. The van der Waals surface area contributed by atoms with Crippen molar-refractivity contribution in [2.24, 2.45) is 4.99 Å². The zero-order valence-corrected chi connectivity index (χ0v) is 13.9. The van der Waals surface area contributed by atoms with E-state index in [9.17, 15) is 0 Å². The van der Waals surface area contributed by atoms with Crippen molar-refractivity contribution in [3.63, 3.8) is 0 Å². The Balaban J connectivity index is 1.89. The molecular formula is C14H11ClN2S3. The summed E-state index contributed by atoms with van der Waals surface area (Å²) in [5.41, 5.74) is 1.32. The lowest BCUT2D eigenvalue weighted by atomic mass is 10.2. The van der Waals surface area contributed by atoms with Crippen molar-refractivity contribution in [1.82, 2.24) is 4.90 Å². The van der Waals surface area contributed by atoms with Gasteiger partial charge in [0.15, 0.2) is 5.17 Å². The van der Waals surface area contributed by atoms with Crippen LogP contribution in [-0.4, -0.2) is 29.4 Å². The number of benzene rings is 1. The molecule has 0 fully saturated rings. The van der Waals surface area contributed by atoms with Gasteiger partial charge in [-0.25, -0.2) is 0 Å². The summed E-state index contributed by atoms with van der Waals surface area (Å²) in [6.07, 6.45) is 2.13. The fraction of sp³-hybridized carbons (Fsp3) is 0.214. The average molecular weight is 339 g/mol. The highest BCUT2D eigenvalue weighted by Crippen LogP contribution is 2.48. The van der Waals surface area contributed by atoms with Crippen molar-refractivity contribution in [3.8, 4) is 0 Å². The normalized spacial score (nSPS) is 18.1. The second-order valence-corrected chi connectivity index (χ2v) is 8.06. The molecule has 1 aromatic heterocycles. The Morgan fingerprint density at radius 2 is 2.30 bits per heavy atom. The second-order valence-electron chi connectivity index (χ2n) is 4.52. The van der Waals surface area contributed by atoms with E-state index in [1.165, 1.54) is 19.5 Å². The Hall–Kier alpha value is -0.620. The van der Waals surface area contributed by atoms with Gasteiger partial charge < -0.3 is 4.90 Å². The first-order valence-electron chi connectivity index (χ1n) is 6.24. The lowest BCUT2D eigenvalue weighted by Crippen LogP contribution is -2.19. The second kappa shape index (κ2) is 4.98. The van der Waals surface area contributed by atoms with Gasteiger partial charge >= 0.3 is 0 Å². The first-order chi connectivity index (χ1) is 9.78. The summed E-state index contributed by atoms with van der Waals surface area (Å²) in [4.78, 5) is 8.20. The van der Waals surface area contributed by atoms with Gasteiger partial charge in [-0.2, -0.15) is 0 Å². The van der Waals surface area contributed by atoms with Crippen molar-refractivity contribution >= 4 is 67.4 Å². The summed E-state index contributed by atoms with van der Waals surface area (Å²) in [5.74, 6) is 0. The quantitative estimate of drug-likeness (QED) is 0.769. The van der Waals surface area contributed by atoms with Crippen LogP contribution >= 0.6 is 46.5 Å². The first kappa shape index (κ1) is 13.1. The summed E-state index contributed by atoms with van der Waals surface area (Å²) in [6.45, 7) is 1.89. The van der Waals surface area contributed by atoms with Gasteiger partial charge in [0.2, 0.25) is 0 Å². The molecule has 3 heterocycles. The predicted molar refractivity (Wildman–Crippen MR) is 93.9 cm³/mol. The van der Waals surface area contributed by atoms with Crippen LogP contribution in [0.25, 0.3) is 15.8 Å². The number of fused-ring (bicyclic) bond motifs is 2. The lowest BCUT2D eigenvalue weighted by molar-refractivity contribution is 0.651. The molecule has 4 rings (SSSR count). The molecule has 20 heavy (non-hydrogen) atoms. The molecular weight excluding hydrogens is 328 g/mol. The highest BCUT2D eigenvalue weighted by Gasteiger charge is 2.33. The Labute approximate surface area is 134 Å². The fourth-order valence-electron chi connectivity index (χ4n) is 2.48. The number of thioether (sulfide) groups is 2. The Morgan fingerprint density at radius 1 is 1.40 bits per heavy atom. The van der Waals surface area contributed by atoms with Crippen LogP contribution in [0.5, 0.6) is 0 Å². The van der Waals surface area contributed by atoms with Crippen LogP contribution in [0.15, 0.2) is 33.5 Å². The summed E-state index contributed by atoms with van der Waals surface area (Å²) in [7, 11) is 0. The highest BCUT2D eigenvalue weighted by atomic mass is 35.5. The van der Waals surface area contributed by atoms with Crippen LogP contribution in [0.3, 0.4) is 0 Å². The van der Waals surface area contributed by atoms with Gasteiger partial charge in [0.25, 0.3) is 0 Å². The molecule has 2 aromatic rings. The number of hydrogen-bond acceptors (Lipinski definition) is 5. The van der Waals surface area contributed by atoms with Crippen molar-refractivity contribution in [3.05, 3.63) is 38.4 Å². The molecule has 0 spiro atoms. The zero-order valence-electron chi connectivity index (χ0n) is 10.7. The molecule has 1 aromatic carbocycles. The highest BCUT2D eigenvalue weighted by molar-refractivity contribution is 8.30. The molecule has 2 aliphatic heterocycles. The van der Waals surface area contributed by atoms with Crippen LogP contribution in [0.1, 0.15) is 4.88 Å². The maximum atomic E-state index is 6.30. The summed E-state index contributed by atoms with van der Waals surface area (Å²) in [6, 6.07) is 8.32. The monoisotopic (exact) mass is 338 g/mol. The van der Waals surface area contributed by atoms with Gasteiger partial charge in [0.05, 0.1) is 21.4 Å². The Kier molecular flexibility index (Phi) is 3.26. The van der Waals surface area contributed by atoms with E-state index in [0.29, 0.717) is 0 Å². The van der Waals surface area contributed by atoms with Gasteiger partial charge in [-0.1, -0.05) is 17.7 Å². The average Bonchev–Trinajstić information content (AvgIpc) is 3.10. The number of amidine groups is 1. The van der Waals surface area contributed by atoms with E-state index >= 15 is 0 Å². The van der Waals surface area contributed by atoms with Crippen molar-refractivity contribution in [2.75, 3.05) is 19.3 Å². The molecule has 0 aliphatic carbocycles. The minimum atomic E-state index is 0.831. The summed E-state index contributed by atoms with van der Waals surface area (Å²) < 4.78 is 2.58. The zero-order chi connectivity index (χ0) is 13.7. The van der Waals surface area contributed by atoms with Gasteiger partial charge in [0, 0.05) is 21.7 Å². The maximum Gasteiger partial charge on any atom is 0.169 e. The summed E-state index contributed by atoms with van der Waals surface area (Å²) >= 11 is 11.7. The van der Waals surface area contributed by atoms with Crippen LogP contribution in [0.4, 0.5) is 0 Å².